The number of pyridine rings is 1. The number of hydrogen-bond acceptors (Lipinski definition) is 7. The number of nitrogens with zero attached hydrogens (tertiary/aromatic N) is 2. The van der Waals surface area contributed by atoms with Gasteiger partial charge < -0.3 is 20.7 Å². The van der Waals surface area contributed by atoms with E-state index in [1.807, 2.05) is 0 Å². The number of carbonyl (C=O) groups is 3. The summed E-state index contributed by atoms with van der Waals surface area (Å²) in [5.74, 6) is -0.441. The van der Waals surface area contributed by atoms with Crippen LogP contribution in [-0.2, 0) is 20.9 Å². The van der Waals surface area contributed by atoms with E-state index in [4.69, 9.17) is 15.9 Å². The molecule has 1 aliphatic heterocycles. The van der Waals surface area contributed by atoms with E-state index < -0.39 is 17.2 Å². The zero-order valence-corrected chi connectivity index (χ0v) is 21.0. The van der Waals surface area contributed by atoms with Crippen LogP contribution in [0.4, 0.5) is 4.79 Å². The monoisotopic (exact) mass is 486 g/mol. The van der Waals surface area contributed by atoms with Crippen molar-refractivity contribution >= 4 is 23.7 Å². The summed E-state index contributed by atoms with van der Waals surface area (Å²) in [6.45, 7) is 5.80. The molecule has 1 atom stereocenters. The molecule has 1 aliphatic carbocycles. The van der Waals surface area contributed by atoms with Gasteiger partial charge in [0.2, 0.25) is 11.8 Å². The highest BCUT2D eigenvalue weighted by Gasteiger charge is 2.54. The number of nitrogens with one attached hydrogen (secondary N) is 3. The van der Waals surface area contributed by atoms with Crippen molar-refractivity contribution in [2.45, 2.75) is 83.4 Å². The molecule has 5 N–H and O–H groups in total. The van der Waals surface area contributed by atoms with Gasteiger partial charge in [-0.15, -0.1) is 0 Å². The van der Waals surface area contributed by atoms with E-state index in [0.29, 0.717) is 18.7 Å². The quantitative estimate of drug-likeness (QED) is 0.358. The first-order chi connectivity index (χ1) is 16.6. The van der Waals surface area contributed by atoms with Gasteiger partial charge in [0.1, 0.15) is 16.8 Å². The second-order valence-electron chi connectivity index (χ2n) is 10.3. The zero-order chi connectivity index (χ0) is 25.6. The molecule has 0 aromatic carbocycles. The van der Waals surface area contributed by atoms with Gasteiger partial charge in [0.25, 0.3) is 0 Å². The minimum atomic E-state index is -0.876. The van der Waals surface area contributed by atoms with Gasteiger partial charge in [-0.2, -0.15) is 0 Å². The average Bonchev–Trinajstić information content (AvgIpc) is 3.28. The molecular weight excluding hydrogens is 448 g/mol. The molecule has 3 rings (SSSR count). The summed E-state index contributed by atoms with van der Waals surface area (Å²) in [6.07, 6.45) is 5.78. The number of amidine groups is 1. The van der Waals surface area contributed by atoms with E-state index in [2.05, 4.69) is 15.6 Å². The first-order valence-electron chi connectivity index (χ1n) is 12.4. The molecule has 2 heterocycles. The number of likely N-dealkylation sites (tertiary alicyclic amines) is 1. The molecule has 0 spiro atoms. The Labute approximate surface area is 206 Å². The van der Waals surface area contributed by atoms with Crippen LogP contribution in [-0.4, -0.2) is 57.9 Å². The molecule has 10 nitrogen and oxygen atoms in total. The summed E-state index contributed by atoms with van der Waals surface area (Å²) in [4.78, 5) is 44.5. The SMILES string of the molecule is CC(C)(C)OC(=O)NC(=N)c1cccc(CNC(=O)[C@]2(C3CCCCC3)CCCN2C(=O)CN)n1. The molecule has 3 amide bonds. The number of alkyl carbamates (subject to hydrolysis) is 1. The van der Waals surface area contributed by atoms with Gasteiger partial charge in [-0.05, 0) is 64.5 Å². The molecule has 2 fully saturated rings. The lowest BCUT2D eigenvalue weighted by molar-refractivity contribution is -0.148. The minimum Gasteiger partial charge on any atom is -0.444 e. The van der Waals surface area contributed by atoms with Gasteiger partial charge in [-0.3, -0.25) is 20.3 Å². The molecule has 1 saturated heterocycles. The number of nitrogens with two attached hydrogens (primary N) is 1. The highest BCUT2D eigenvalue weighted by molar-refractivity contribution is 6.03. The minimum absolute atomic E-state index is 0.111. The smallest absolute Gasteiger partial charge is 0.413 e. The van der Waals surface area contributed by atoms with E-state index in [1.54, 1.807) is 43.9 Å². The first kappa shape index (κ1) is 26.6. The Bertz CT molecular complexity index is 954. The summed E-state index contributed by atoms with van der Waals surface area (Å²) in [5.41, 5.74) is 4.93. The molecule has 1 aromatic heterocycles. The molecule has 0 unspecified atom stereocenters. The van der Waals surface area contributed by atoms with Crippen molar-refractivity contribution in [3.63, 3.8) is 0 Å². The third-order valence-corrected chi connectivity index (χ3v) is 6.69. The van der Waals surface area contributed by atoms with Gasteiger partial charge in [-0.1, -0.05) is 25.3 Å². The Morgan fingerprint density at radius 3 is 2.57 bits per heavy atom. The van der Waals surface area contributed by atoms with Crippen LogP contribution in [0, 0.1) is 11.3 Å². The van der Waals surface area contributed by atoms with E-state index in [0.717, 1.165) is 38.5 Å². The number of ether oxygens (including phenoxy) is 1. The molecule has 0 bridgehead atoms. The van der Waals surface area contributed by atoms with Crippen LogP contribution in [0.2, 0.25) is 0 Å². The fourth-order valence-electron chi connectivity index (χ4n) is 5.24. The Balaban J connectivity index is 1.72. The number of rotatable bonds is 6. The van der Waals surface area contributed by atoms with Gasteiger partial charge in [-0.25, -0.2) is 9.78 Å². The topological polar surface area (TPSA) is 150 Å². The molecule has 0 radical (unpaired) electrons. The number of aromatic nitrogens is 1. The van der Waals surface area contributed by atoms with Gasteiger partial charge in [0.05, 0.1) is 18.8 Å². The maximum absolute atomic E-state index is 13.7. The van der Waals surface area contributed by atoms with E-state index in [1.165, 1.54) is 0 Å². The third kappa shape index (κ3) is 6.36. The third-order valence-electron chi connectivity index (χ3n) is 6.69. The van der Waals surface area contributed by atoms with Gasteiger partial charge in [0, 0.05) is 6.54 Å². The van der Waals surface area contributed by atoms with Crippen LogP contribution in [0.1, 0.15) is 77.1 Å². The summed E-state index contributed by atoms with van der Waals surface area (Å²) in [6, 6.07) is 5.06. The lowest BCUT2D eigenvalue weighted by Gasteiger charge is -2.44. The predicted octanol–water partition coefficient (Wildman–Crippen LogP) is 2.45. The van der Waals surface area contributed by atoms with E-state index in [-0.39, 0.29) is 42.4 Å². The predicted molar refractivity (Wildman–Crippen MR) is 132 cm³/mol. The maximum atomic E-state index is 13.7. The van der Waals surface area contributed by atoms with Crippen LogP contribution in [0.5, 0.6) is 0 Å². The Hall–Kier alpha value is -3.01. The van der Waals surface area contributed by atoms with Crippen molar-refractivity contribution in [1.29, 1.82) is 5.41 Å². The molecule has 1 saturated carbocycles. The van der Waals surface area contributed by atoms with E-state index in [9.17, 15) is 14.4 Å². The van der Waals surface area contributed by atoms with Crippen molar-refractivity contribution in [3.8, 4) is 0 Å². The fourth-order valence-corrected chi connectivity index (χ4v) is 5.24. The number of carbonyl (C=O) groups excluding carboxylic acids is 3. The van der Waals surface area contributed by atoms with Crippen LogP contribution in [0.15, 0.2) is 18.2 Å². The fraction of sp³-hybridized carbons (Fsp3) is 0.640. The lowest BCUT2D eigenvalue weighted by atomic mass is 9.72. The maximum Gasteiger partial charge on any atom is 0.413 e. The molecule has 192 valence electrons. The van der Waals surface area contributed by atoms with Gasteiger partial charge >= 0.3 is 6.09 Å². The van der Waals surface area contributed by atoms with Crippen LogP contribution >= 0.6 is 0 Å². The van der Waals surface area contributed by atoms with Crippen molar-refractivity contribution in [1.82, 2.24) is 20.5 Å². The molecule has 1 aromatic rings. The Morgan fingerprint density at radius 1 is 1.20 bits per heavy atom. The van der Waals surface area contributed by atoms with Crippen molar-refractivity contribution in [3.05, 3.63) is 29.6 Å². The summed E-state index contributed by atoms with van der Waals surface area (Å²) < 4.78 is 5.19. The first-order valence-corrected chi connectivity index (χ1v) is 12.4. The average molecular weight is 487 g/mol. The second kappa shape index (κ2) is 11.2. The normalized spacial score (nSPS) is 20.9. The zero-order valence-electron chi connectivity index (χ0n) is 21.0. The van der Waals surface area contributed by atoms with Crippen molar-refractivity contribution in [2.24, 2.45) is 11.7 Å². The van der Waals surface area contributed by atoms with Crippen LogP contribution < -0.4 is 16.4 Å². The van der Waals surface area contributed by atoms with Crippen LogP contribution in [0.25, 0.3) is 0 Å². The van der Waals surface area contributed by atoms with Crippen molar-refractivity contribution < 1.29 is 19.1 Å². The summed E-state index contributed by atoms with van der Waals surface area (Å²) in [7, 11) is 0. The molecule has 35 heavy (non-hydrogen) atoms. The van der Waals surface area contributed by atoms with E-state index >= 15 is 0 Å². The number of amides is 3. The lowest BCUT2D eigenvalue weighted by Crippen LogP contribution is -2.62. The Morgan fingerprint density at radius 2 is 1.91 bits per heavy atom. The highest BCUT2D eigenvalue weighted by atomic mass is 16.6. The highest BCUT2D eigenvalue weighted by Crippen LogP contribution is 2.43. The molecule has 2 aliphatic rings. The largest absolute Gasteiger partial charge is 0.444 e. The second-order valence-corrected chi connectivity index (χ2v) is 10.3. The Kier molecular flexibility index (Phi) is 8.47. The van der Waals surface area contributed by atoms with Crippen LogP contribution in [0.3, 0.4) is 0 Å². The molecule has 10 heteroatoms. The number of hydrogen-bond donors (Lipinski definition) is 4. The summed E-state index contributed by atoms with van der Waals surface area (Å²) >= 11 is 0. The van der Waals surface area contributed by atoms with Gasteiger partial charge in [0.15, 0.2) is 5.84 Å². The van der Waals surface area contributed by atoms with Crippen molar-refractivity contribution in [2.75, 3.05) is 13.1 Å². The molecular formula is C25H38N6O4. The standard InChI is InChI=1S/C25H38N6O4/c1-24(2,3)35-23(34)30-21(27)19-12-7-11-18(29-19)16-28-22(33)25(17-9-5-4-6-10-17)13-8-14-31(25)20(32)15-26/h7,11-12,17H,4-6,8-10,13-16,26H2,1-3H3,(H,28,33)(H2,27,30,34)/t25-/m1/s1. The summed E-state index contributed by atoms with van der Waals surface area (Å²) in [5, 5.41) is 13.5.